The van der Waals surface area contributed by atoms with Gasteiger partial charge in [-0.2, -0.15) is 0 Å². The molecule has 0 fully saturated rings. The monoisotopic (exact) mass is 353 g/mol. The van der Waals surface area contributed by atoms with E-state index in [4.69, 9.17) is 0 Å². The molecule has 0 amide bonds. The van der Waals surface area contributed by atoms with E-state index >= 15 is 0 Å². The van der Waals surface area contributed by atoms with Gasteiger partial charge in [-0.3, -0.25) is 0 Å². The molecule has 0 aromatic heterocycles. The Morgan fingerprint density at radius 2 is 0.600 bits per heavy atom. The Labute approximate surface area is 93.0 Å². The summed E-state index contributed by atoms with van der Waals surface area (Å²) in [5.74, 6) is 0. The van der Waals surface area contributed by atoms with Crippen LogP contribution in [-0.2, 0) is 0 Å². The summed E-state index contributed by atoms with van der Waals surface area (Å²) in [4.78, 5) is 14.2. The molecule has 0 saturated heterocycles. The third-order valence-electron chi connectivity index (χ3n) is 0. The van der Waals surface area contributed by atoms with E-state index in [-0.39, 0.29) is 25.0 Å². The molecule has 0 spiro atoms. The van der Waals surface area contributed by atoms with E-state index in [1.54, 1.807) is 0 Å². The second-order valence-corrected chi connectivity index (χ2v) is 20.1. The molecule has 0 aliphatic heterocycles. The Bertz CT molecular complexity index is 31.2. The average Bonchev–Trinajstić information content (AvgIpc) is 1.25. The van der Waals surface area contributed by atoms with Crippen LogP contribution < -0.4 is 18.9 Å². The fourth-order valence-electron chi connectivity index (χ4n) is 0. The summed E-state index contributed by atoms with van der Waals surface area (Å²) in [6.45, 7) is 0. The van der Waals surface area contributed by atoms with Crippen LogP contribution in [0.1, 0.15) is 0 Å². The Balaban J connectivity index is -0.0000000300. The van der Waals surface area contributed by atoms with Crippen molar-refractivity contribution in [2.45, 2.75) is 29.6 Å². The maximum absolute atomic E-state index is 2.36. The molecule has 0 saturated carbocycles. The molecule has 10 heavy (non-hydrogen) atoms. The number of hydrogen-bond donors (Lipinski definition) is 0. The molecule has 0 atom stereocenters. The van der Waals surface area contributed by atoms with Crippen LogP contribution in [0, 0.1) is 0 Å². The maximum Gasteiger partial charge on any atom is 1.00 e. The van der Waals surface area contributed by atoms with Gasteiger partial charge in [0.1, 0.15) is 0 Å². The summed E-state index contributed by atoms with van der Waals surface area (Å²) in [7, 11) is 0. The van der Waals surface area contributed by atoms with Crippen molar-refractivity contribution in [3.8, 4) is 0 Å². The van der Waals surface area contributed by atoms with E-state index in [1.165, 1.54) is 0 Å². The zero-order chi connectivity index (χ0) is 7.15. The standard InChI is InChI=1S/6CH3.Li.H2N.2Sn/h6*1H3;;1H2;;/q;;;;;;+1;-1;;. The molecule has 0 aromatic carbocycles. The normalized spacial score (nSPS) is 7.20. The molecule has 2 radical (unpaired) electrons. The third-order valence-corrected chi connectivity index (χ3v) is 0. The van der Waals surface area contributed by atoms with Crippen LogP contribution in [0.3, 0.4) is 0 Å². The van der Waals surface area contributed by atoms with E-state index in [0.717, 1.165) is 0 Å². The van der Waals surface area contributed by atoms with Crippen LogP contribution >= 0.6 is 0 Å². The Hall–Kier alpha value is 2.15. The minimum atomic E-state index is -0.543. The van der Waals surface area contributed by atoms with Crippen LogP contribution in [-0.4, -0.2) is 39.5 Å². The van der Waals surface area contributed by atoms with E-state index in [2.05, 4.69) is 29.6 Å². The van der Waals surface area contributed by atoms with E-state index in [0.29, 0.717) is 0 Å². The van der Waals surface area contributed by atoms with Crippen molar-refractivity contribution in [2.24, 2.45) is 0 Å². The molecule has 0 bridgehead atoms. The molecule has 0 heterocycles. The largest absolute Gasteiger partial charge is 1.00 e. The third kappa shape index (κ3) is 183. The van der Waals surface area contributed by atoms with Crippen molar-refractivity contribution in [3.63, 3.8) is 0 Å². The predicted octanol–water partition coefficient (Wildman–Crippen LogP) is 0.462. The van der Waals surface area contributed by atoms with Gasteiger partial charge in [0.05, 0.1) is 0 Å². The van der Waals surface area contributed by atoms with Gasteiger partial charge in [-0.1, -0.05) is 0 Å². The SMILES string of the molecule is [CH3][Sn]([CH3])[CH3].[CH3][Sn]([CH3])[CH3].[Li+].[NH2-]. The van der Waals surface area contributed by atoms with Crippen LogP contribution in [0.2, 0.25) is 29.6 Å². The van der Waals surface area contributed by atoms with Gasteiger partial charge < -0.3 is 6.15 Å². The van der Waals surface area contributed by atoms with Gasteiger partial charge in [-0.05, 0) is 0 Å². The summed E-state index contributed by atoms with van der Waals surface area (Å²) >= 11 is -1.09. The smallest absolute Gasteiger partial charge is 0.693 e. The zero-order valence-corrected chi connectivity index (χ0v) is 14.3. The fourth-order valence-corrected chi connectivity index (χ4v) is 0. The van der Waals surface area contributed by atoms with Crippen molar-refractivity contribution in [2.75, 3.05) is 0 Å². The van der Waals surface area contributed by atoms with E-state index < -0.39 is 39.5 Å². The van der Waals surface area contributed by atoms with Crippen molar-refractivity contribution in [3.05, 3.63) is 6.15 Å². The first-order valence-corrected chi connectivity index (χ1v) is 20.1. The molecule has 0 aliphatic carbocycles. The average molecular weight is 351 g/mol. The van der Waals surface area contributed by atoms with Gasteiger partial charge in [0.2, 0.25) is 0 Å². The predicted molar refractivity (Wildman–Crippen MR) is 52.0 cm³/mol. The van der Waals surface area contributed by atoms with Crippen LogP contribution in [0.5, 0.6) is 0 Å². The first-order chi connectivity index (χ1) is 3.46. The number of nitrogens with two attached hydrogens (primary N) is 1. The van der Waals surface area contributed by atoms with Crippen molar-refractivity contribution >= 4 is 39.5 Å². The molecule has 1 nitrogen and oxygen atoms in total. The summed E-state index contributed by atoms with van der Waals surface area (Å²) < 4.78 is 0. The van der Waals surface area contributed by atoms with Gasteiger partial charge in [0, 0.05) is 0 Å². The second-order valence-electron chi connectivity index (χ2n) is 3.00. The minimum absolute atomic E-state index is 0. The van der Waals surface area contributed by atoms with Crippen LogP contribution in [0.4, 0.5) is 0 Å². The second kappa shape index (κ2) is 17.3. The molecular formula is C6H20LiNSn2. The molecule has 0 aromatic rings. The Kier molecular flexibility index (Phi) is 39.3. The van der Waals surface area contributed by atoms with Gasteiger partial charge in [0.15, 0.2) is 0 Å². The first-order valence-electron chi connectivity index (χ1n) is 3.00. The number of rotatable bonds is 0. The van der Waals surface area contributed by atoms with Gasteiger partial charge in [-0.25, -0.2) is 0 Å². The molecule has 0 rings (SSSR count). The fraction of sp³-hybridized carbons (Fsp3) is 1.00. The summed E-state index contributed by atoms with van der Waals surface area (Å²) in [6, 6.07) is 0. The van der Waals surface area contributed by atoms with Crippen LogP contribution in [0.15, 0.2) is 0 Å². The topological polar surface area (TPSA) is 33.5 Å². The molecule has 58 valence electrons. The van der Waals surface area contributed by atoms with Gasteiger partial charge in [0.25, 0.3) is 0 Å². The van der Waals surface area contributed by atoms with E-state index in [9.17, 15) is 0 Å². The minimum Gasteiger partial charge on any atom is -0.693 e. The molecule has 4 heteroatoms. The van der Waals surface area contributed by atoms with Crippen molar-refractivity contribution in [1.29, 1.82) is 0 Å². The Morgan fingerprint density at radius 3 is 0.600 bits per heavy atom. The number of hydrogen-bond acceptors (Lipinski definition) is 0. The summed E-state index contributed by atoms with van der Waals surface area (Å²) in [6.07, 6.45) is 0. The zero-order valence-electron chi connectivity index (χ0n) is 8.58. The first kappa shape index (κ1) is 22.7. The maximum atomic E-state index is 2.36. The van der Waals surface area contributed by atoms with Gasteiger partial charge in [-0.15, -0.1) is 0 Å². The molecule has 2 N–H and O–H groups in total. The molecule has 0 aliphatic rings. The van der Waals surface area contributed by atoms with Crippen molar-refractivity contribution < 1.29 is 18.9 Å². The summed E-state index contributed by atoms with van der Waals surface area (Å²) in [5, 5.41) is 0. The Morgan fingerprint density at radius 1 is 0.600 bits per heavy atom. The summed E-state index contributed by atoms with van der Waals surface area (Å²) in [5.41, 5.74) is 0. The molecule has 0 unspecified atom stereocenters. The molecular weight excluding hydrogens is 330 g/mol. The quantitative estimate of drug-likeness (QED) is 0.569. The van der Waals surface area contributed by atoms with Crippen LogP contribution in [0.25, 0.3) is 6.15 Å². The van der Waals surface area contributed by atoms with E-state index in [1.807, 2.05) is 0 Å². The van der Waals surface area contributed by atoms with Gasteiger partial charge >= 0.3 is 88.0 Å². The van der Waals surface area contributed by atoms with Crippen molar-refractivity contribution in [1.82, 2.24) is 0 Å².